The van der Waals surface area contributed by atoms with Gasteiger partial charge in [-0.15, -0.1) is 0 Å². The van der Waals surface area contributed by atoms with Crippen LogP contribution in [0.1, 0.15) is 24.3 Å². The van der Waals surface area contributed by atoms with Crippen molar-refractivity contribution in [2.24, 2.45) is 0 Å². The first-order valence-corrected chi connectivity index (χ1v) is 4.78. The molecule has 70 valence electrons. The molecule has 0 aliphatic heterocycles. The number of halogens is 1. The first kappa shape index (κ1) is 10.2. The van der Waals surface area contributed by atoms with Crippen molar-refractivity contribution >= 4 is 21.7 Å². The van der Waals surface area contributed by atoms with E-state index in [1.807, 2.05) is 6.92 Å². The van der Waals surface area contributed by atoms with E-state index < -0.39 is 0 Å². The Morgan fingerprint density at radius 2 is 2.38 bits per heavy atom. The van der Waals surface area contributed by atoms with Crippen molar-refractivity contribution < 1.29 is 4.79 Å². The average Bonchev–Trinajstić information content (AvgIpc) is 2.45. The van der Waals surface area contributed by atoms with Crippen molar-refractivity contribution in [1.82, 2.24) is 9.78 Å². The van der Waals surface area contributed by atoms with E-state index in [2.05, 4.69) is 27.6 Å². The molecule has 13 heavy (non-hydrogen) atoms. The zero-order valence-electron chi connectivity index (χ0n) is 7.67. The average molecular weight is 243 g/mol. The van der Waals surface area contributed by atoms with Crippen LogP contribution in [-0.2, 0) is 6.54 Å². The van der Waals surface area contributed by atoms with Crippen molar-refractivity contribution in [3.63, 3.8) is 0 Å². The molecule has 0 amide bonds. The van der Waals surface area contributed by atoms with E-state index in [1.54, 1.807) is 17.8 Å². The Morgan fingerprint density at radius 3 is 2.85 bits per heavy atom. The second-order valence-corrected chi connectivity index (χ2v) is 3.62. The summed E-state index contributed by atoms with van der Waals surface area (Å²) in [6.07, 6.45) is 1.62. The lowest BCUT2D eigenvalue weighted by Gasteiger charge is -2.03. The van der Waals surface area contributed by atoms with Gasteiger partial charge < -0.3 is 0 Å². The maximum atomic E-state index is 11.6. The van der Waals surface area contributed by atoms with E-state index in [0.717, 1.165) is 4.47 Å². The van der Waals surface area contributed by atoms with E-state index in [-0.39, 0.29) is 5.78 Å². The van der Waals surface area contributed by atoms with Gasteiger partial charge in [0.25, 0.3) is 0 Å². The molecule has 0 unspecified atom stereocenters. The molecule has 1 heterocycles. The fourth-order valence-corrected chi connectivity index (χ4v) is 1.51. The minimum Gasteiger partial charge on any atom is -0.287 e. The van der Waals surface area contributed by atoms with Gasteiger partial charge in [-0.3, -0.25) is 9.48 Å². The number of ketones is 1. The van der Waals surface area contributed by atoms with E-state index in [1.165, 1.54) is 0 Å². The summed E-state index contributed by atoms with van der Waals surface area (Å²) in [5.74, 6) is -0.0637. The Hall–Kier alpha value is -0.900. The number of carbonyl (C=O) groups is 1. The van der Waals surface area contributed by atoms with Gasteiger partial charge in [0.15, 0.2) is 0 Å². The van der Waals surface area contributed by atoms with E-state index in [4.69, 9.17) is 0 Å². The molecule has 0 spiro atoms. The first-order chi connectivity index (χ1) is 6.07. The predicted octanol–water partition coefficient (Wildman–Crippen LogP) is 2.42. The molecule has 1 aromatic rings. The maximum absolute atomic E-state index is 11.6. The van der Waals surface area contributed by atoms with Crippen LogP contribution in [0.15, 0.2) is 22.8 Å². The van der Waals surface area contributed by atoms with Crippen LogP contribution in [0.25, 0.3) is 0 Å². The fourth-order valence-electron chi connectivity index (χ4n) is 1.03. The summed E-state index contributed by atoms with van der Waals surface area (Å²) in [7, 11) is 0. The van der Waals surface area contributed by atoms with Crippen LogP contribution in [-0.4, -0.2) is 15.6 Å². The maximum Gasteiger partial charge on any atom is 0.207 e. The van der Waals surface area contributed by atoms with Gasteiger partial charge in [0, 0.05) is 6.54 Å². The molecule has 0 N–H and O–H groups in total. The largest absolute Gasteiger partial charge is 0.287 e. The van der Waals surface area contributed by atoms with Gasteiger partial charge in [-0.25, -0.2) is 0 Å². The zero-order chi connectivity index (χ0) is 10.0. The lowest BCUT2D eigenvalue weighted by atomic mass is 10.1. The minimum absolute atomic E-state index is 0.0637. The van der Waals surface area contributed by atoms with Crippen LogP contribution >= 0.6 is 15.9 Å². The normalized spacial score (nSPS) is 10.1. The van der Waals surface area contributed by atoms with Crippen molar-refractivity contribution in [3.8, 4) is 0 Å². The standard InChI is InChI=1S/C9H11BrN2O/c1-4-12-8(7(10)5-11-12)9(13)6(2)3/h5H,2,4H2,1,3H3. The zero-order valence-corrected chi connectivity index (χ0v) is 9.26. The van der Waals surface area contributed by atoms with Gasteiger partial charge in [0.05, 0.1) is 10.7 Å². The molecule has 1 rings (SSSR count). The number of aromatic nitrogens is 2. The Balaban J connectivity index is 3.18. The molecule has 0 saturated heterocycles. The van der Waals surface area contributed by atoms with Crippen molar-refractivity contribution in [2.45, 2.75) is 20.4 Å². The third-order valence-corrected chi connectivity index (χ3v) is 2.28. The quantitative estimate of drug-likeness (QED) is 0.603. The Kier molecular flexibility index (Phi) is 3.03. The molecule has 0 aromatic carbocycles. The number of allylic oxidation sites excluding steroid dienone is 1. The van der Waals surface area contributed by atoms with Gasteiger partial charge >= 0.3 is 0 Å². The topological polar surface area (TPSA) is 34.9 Å². The molecule has 0 fully saturated rings. The predicted molar refractivity (Wildman–Crippen MR) is 54.7 cm³/mol. The molecule has 0 saturated carbocycles. The summed E-state index contributed by atoms with van der Waals surface area (Å²) < 4.78 is 2.38. The highest BCUT2D eigenvalue weighted by Crippen LogP contribution is 2.18. The third kappa shape index (κ3) is 1.88. The number of nitrogens with zero attached hydrogens (tertiary/aromatic N) is 2. The molecule has 0 radical (unpaired) electrons. The molecule has 0 atom stereocenters. The number of carbonyl (C=O) groups excluding carboxylic acids is 1. The summed E-state index contributed by atoms with van der Waals surface area (Å²) in [4.78, 5) is 11.6. The number of rotatable bonds is 3. The third-order valence-electron chi connectivity index (χ3n) is 1.70. The first-order valence-electron chi connectivity index (χ1n) is 3.99. The lowest BCUT2D eigenvalue weighted by molar-refractivity contribution is 0.102. The highest BCUT2D eigenvalue weighted by atomic mass is 79.9. The van der Waals surface area contributed by atoms with Crippen molar-refractivity contribution in [3.05, 3.63) is 28.5 Å². The van der Waals surface area contributed by atoms with Crippen molar-refractivity contribution in [2.75, 3.05) is 0 Å². The molecule has 0 aliphatic rings. The van der Waals surface area contributed by atoms with Crippen LogP contribution in [0.3, 0.4) is 0 Å². The number of Topliss-reactive ketones (excluding diaryl/α,β-unsaturated/α-hetero) is 1. The van der Waals surface area contributed by atoms with Gasteiger partial charge in [0.2, 0.25) is 5.78 Å². The van der Waals surface area contributed by atoms with E-state index in [0.29, 0.717) is 17.8 Å². The van der Waals surface area contributed by atoms with E-state index >= 15 is 0 Å². The summed E-state index contributed by atoms with van der Waals surface area (Å²) in [6.45, 7) is 7.93. The second kappa shape index (κ2) is 3.87. The summed E-state index contributed by atoms with van der Waals surface area (Å²) in [5.41, 5.74) is 1.10. The molecule has 0 bridgehead atoms. The molecule has 1 aromatic heterocycles. The number of aryl methyl sites for hydroxylation is 1. The van der Waals surface area contributed by atoms with Gasteiger partial charge in [-0.2, -0.15) is 5.10 Å². The molecule has 3 nitrogen and oxygen atoms in total. The SMILES string of the molecule is C=C(C)C(=O)c1c(Br)cnn1CC. The monoisotopic (exact) mass is 242 g/mol. The van der Waals surface area contributed by atoms with Crippen LogP contribution in [0.5, 0.6) is 0 Å². The number of hydrogen-bond donors (Lipinski definition) is 0. The Bertz CT molecular complexity index is 354. The Morgan fingerprint density at radius 1 is 1.77 bits per heavy atom. The van der Waals surface area contributed by atoms with Gasteiger partial charge in [-0.1, -0.05) is 6.58 Å². The minimum atomic E-state index is -0.0637. The van der Waals surface area contributed by atoms with Gasteiger partial charge in [-0.05, 0) is 35.4 Å². The molecular formula is C9H11BrN2O. The van der Waals surface area contributed by atoms with Crippen LogP contribution in [0.2, 0.25) is 0 Å². The van der Waals surface area contributed by atoms with Crippen LogP contribution in [0, 0.1) is 0 Å². The lowest BCUT2D eigenvalue weighted by Crippen LogP contribution is -2.10. The molecule has 0 aliphatic carbocycles. The molecule has 4 heteroatoms. The fraction of sp³-hybridized carbons (Fsp3) is 0.333. The summed E-state index contributed by atoms with van der Waals surface area (Å²) >= 11 is 3.28. The van der Waals surface area contributed by atoms with Crippen molar-refractivity contribution in [1.29, 1.82) is 0 Å². The van der Waals surface area contributed by atoms with Gasteiger partial charge in [0.1, 0.15) is 5.69 Å². The number of hydrogen-bond acceptors (Lipinski definition) is 2. The van der Waals surface area contributed by atoms with Crippen LogP contribution in [0.4, 0.5) is 0 Å². The molecular weight excluding hydrogens is 232 g/mol. The highest BCUT2D eigenvalue weighted by molar-refractivity contribution is 9.10. The van der Waals surface area contributed by atoms with Crippen LogP contribution < -0.4 is 0 Å². The van der Waals surface area contributed by atoms with E-state index in [9.17, 15) is 4.79 Å². The summed E-state index contributed by atoms with van der Waals surface area (Å²) in [5, 5.41) is 4.05. The smallest absolute Gasteiger partial charge is 0.207 e. The summed E-state index contributed by atoms with van der Waals surface area (Å²) in [6, 6.07) is 0. The highest BCUT2D eigenvalue weighted by Gasteiger charge is 2.16. The Labute approximate surface area is 85.6 Å². The second-order valence-electron chi connectivity index (χ2n) is 2.77.